The number of nitrogens with one attached hydrogen (secondary N) is 1. The van der Waals surface area contributed by atoms with Crippen molar-refractivity contribution in [1.82, 2.24) is 19.5 Å². The molecule has 126 valence electrons. The number of fused-ring (bicyclic) bond motifs is 1. The van der Waals surface area contributed by atoms with E-state index < -0.39 is 11.9 Å². The Morgan fingerprint density at radius 3 is 2.71 bits per heavy atom. The van der Waals surface area contributed by atoms with E-state index in [1.807, 2.05) is 12.1 Å². The second kappa shape index (κ2) is 6.24. The maximum atomic E-state index is 14.6. The van der Waals surface area contributed by atoms with E-state index in [0.29, 0.717) is 5.92 Å². The Hall–Kier alpha value is -2.41. The topological polar surface area (TPSA) is 89.6 Å². The summed E-state index contributed by atoms with van der Waals surface area (Å²) in [6, 6.07) is 8.03. The average molecular weight is 350 g/mol. The summed E-state index contributed by atoms with van der Waals surface area (Å²) in [6.07, 6.45) is 2.60. The van der Waals surface area contributed by atoms with Gasteiger partial charge in [0.25, 0.3) is 5.56 Å². The van der Waals surface area contributed by atoms with Crippen LogP contribution in [0.3, 0.4) is 0 Å². The molecular formula is C16H17ClFN5O. The molecule has 1 unspecified atom stereocenters. The lowest BCUT2D eigenvalue weighted by molar-refractivity contribution is 0.245. The van der Waals surface area contributed by atoms with Crippen molar-refractivity contribution in [2.75, 3.05) is 5.73 Å². The lowest BCUT2D eigenvalue weighted by Gasteiger charge is -2.11. The maximum Gasteiger partial charge on any atom is 0.280 e. The number of H-pyrrole nitrogens is 1. The van der Waals surface area contributed by atoms with E-state index in [0.717, 1.165) is 5.56 Å². The Morgan fingerprint density at radius 2 is 2.04 bits per heavy atom. The van der Waals surface area contributed by atoms with Crippen LogP contribution in [-0.4, -0.2) is 19.5 Å². The summed E-state index contributed by atoms with van der Waals surface area (Å²) >= 11 is 0. The molecule has 1 saturated carbocycles. The summed E-state index contributed by atoms with van der Waals surface area (Å²) in [6.45, 7) is 0. The summed E-state index contributed by atoms with van der Waals surface area (Å²) in [5, 5.41) is 0. The van der Waals surface area contributed by atoms with Crippen LogP contribution >= 0.6 is 12.4 Å². The molecule has 1 atom stereocenters. The fraction of sp³-hybridized carbons (Fsp3) is 0.312. The van der Waals surface area contributed by atoms with Crippen molar-refractivity contribution in [2.45, 2.75) is 31.5 Å². The molecule has 4 rings (SSSR count). The van der Waals surface area contributed by atoms with Crippen LogP contribution in [0.15, 0.2) is 35.4 Å². The first kappa shape index (κ1) is 16.4. The maximum absolute atomic E-state index is 14.6. The highest BCUT2D eigenvalue weighted by atomic mass is 35.5. The number of hydrogen-bond donors (Lipinski definition) is 2. The smallest absolute Gasteiger partial charge is 0.280 e. The van der Waals surface area contributed by atoms with Crippen LogP contribution in [0.2, 0.25) is 0 Å². The molecule has 0 radical (unpaired) electrons. The highest BCUT2D eigenvalue weighted by molar-refractivity contribution is 5.85. The van der Waals surface area contributed by atoms with Gasteiger partial charge in [0.1, 0.15) is 0 Å². The minimum Gasteiger partial charge on any atom is -0.369 e. The largest absolute Gasteiger partial charge is 0.369 e. The molecule has 1 aliphatic carbocycles. The van der Waals surface area contributed by atoms with E-state index in [2.05, 4.69) is 27.1 Å². The Morgan fingerprint density at radius 1 is 1.33 bits per heavy atom. The third-order valence-electron chi connectivity index (χ3n) is 4.19. The Balaban J connectivity index is 0.00000169. The molecular weight excluding hydrogens is 333 g/mol. The van der Waals surface area contributed by atoms with Crippen molar-refractivity contribution in [1.29, 1.82) is 0 Å². The van der Waals surface area contributed by atoms with Crippen LogP contribution < -0.4 is 11.3 Å². The molecule has 3 N–H and O–H groups in total. The SMILES string of the molecule is Cl.Nc1nc2c(ncn2C(F)Cc2ccc(C3CC3)cc2)c(=O)[nH]1. The van der Waals surface area contributed by atoms with Crippen LogP contribution in [0.5, 0.6) is 0 Å². The number of alkyl halides is 1. The molecule has 0 aliphatic heterocycles. The molecule has 0 bridgehead atoms. The van der Waals surface area contributed by atoms with Crippen LogP contribution in [0, 0.1) is 0 Å². The molecule has 1 aliphatic rings. The van der Waals surface area contributed by atoms with Gasteiger partial charge in [-0.2, -0.15) is 4.98 Å². The van der Waals surface area contributed by atoms with E-state index in [4.69, 9.17) is 5.73 Å². The minimum absolute atomic E-state index is 0. The lowest BCUT2D eigenvalue weighted by Crippen LogP contribution is -2.13. The van der Waals surface area contributed by atoms with Gasteiger partial charge in [-0.3, -0.25) is 14.3 Å². The highest BCUT2D eigenvalue weighted by Gasteiger charge is 2.23. The number of rotatable bonds is 4. The number of benzene rings is 1. The molecule has 8 heteroatoms. The van der Waals surface area contributed by atoms with Gasteiger partial charge in [0.2, 0.25) is 5.95 Å². The number of nitrogen functional groups attached to an aromatic ring is 1. The molecule has 3 aromatic rings. The fourth-order valence-corrected chi connectivity index (χ4v) is 2.78. The second-order valence-electron chi connectivity index (χ2n) is 5.93. The first-order chi connectivity index (χ1) is 11.1. The van der Waals surface area contributed by atoms with Gasteiger partial charge in [0, 0.05) is 6.42 Å². The summed E-state index contributed by atoms with van der Waals surface area (Å²) in [4.78, 5) is 22.0. The van der Waals surface area contributed by atoms with Crippen molar-refractivity contribution >= 4 is 29.5 Å². The number of nitrogens with two attached hydrogens (primary N) is 1. The zero-order valence-corrected chi connectivity index (χ0v) is 13.6. The Bertz CT molecular complexity index is 916. The summed E-state index contributed by atoms with van der Waals surface area (Å²) in [5.41, 5.74) is 7.52. The van der Waals surface area contributed by atoms with Gasteiger partial charge in [0.05, 0.1) is 6.33 Å². The first-order valence-corrected chi connectivity index (χ1v) is 7.57. The van der Waals surface area contributed by atoms with Gasteiger partial charge in [-0.15, -0.1) is 12.4 Å². The number of aromatic amines is 1. The fourth-order valence-electron chi connectivity index (χ4n) is 2.78. The quantitative estimate of drug-likeness (QED) is 0.757. The van der Waals surface area contributed by atoms with Crippen molar-refractivity contribution in [3.05, 3.63) is 52.1 Å². The van der Waals surface area contributed by atoms with E-state index in [1.165, 1.54) is 29.3 Å². The van der Waals surface area contributed by atoms with E-state index in [-0.39, 0.29) is 35.9 Å². The van der Waals surface area contributed by atoms with Gasteiger partial charge in [-0.1, -0.05) is 24.3 Å². The van der Waals surface area contributed by atoms with Crippen LogP contribution in [0.4, 0.5) is 10.3 Å². The van der Waals surface area contributed by atoms with Crippen molar-refractivity contribution in [3.63, 3.8) is 0 Å². The molecule has 2 heterocycles. The van der Waals surface area contributed by atoms with Crippen molar-refractivity contribution < 1.29 is 4.39 Å². The molecule has 1 aromatic carbocycles. The third-order valence-corrected chi connectivity index (χ3v) is 4.19. The second-order valence-corrected chi connectivity index (χ2v) is 5.93. The van der Waals surface area contributed by atoms with Crippen molar-refractivity contribution in [2.24, 2.45) is 0 Å². The summed E-state index contributed by atoms with van der Waals surface area (Å²) < 4.78 is 15.9. The van der Waals surface area contributed by atoms with E-state index in [9.17, 15) is 9.18 Å². The van der Waals surface area contributed by atoms with Gasteiger partial charge >= 0.3 is 0 Å². The standard InChI is InChI=1S/C16H16FN5O.ClH/c17-12(7-9-1-3-10(4-2-9)11-5-6-11)22-8-19-13-14(22)20-16(18)21-15(13)23;/h1-4,8,11-12H,5-7H2,(H3,18,20,21,23);1H. The summed E-state index contributed by atoms with van der Waals surface area (Å²) in [7, 11) is 0. The molecule has 0 spiro atoms. The summed E-state index contributed by atoms with van der Waals surface area (Å²) in [5.74, 6) is 0.631. The lowest BCUT2D eigenvalue weighted by atomic mass is 10.1. The van der Waals surface area contributed by atoms with Crippen molar-refractivity contribution in [3.8, 4) is 0 Å². The monoisotopic (exact) mass is 349 g/mol. The van der Waals surface area contributed by atoms with Gasteiger partial charge in [-0.05, 0) is 29.9 Å². The van der Waals surface area contributed by atoms with E-state index >= 15 is 0 Å². The predicted octanol–water partition coefficient (Wildman–Crippen LogP) is 2.71. The molecule has 2 aromatic heterocycles. The number of aromatic nitrogens is 4. The predicted molar refractivity (Wildman–Crippen MR) is 92.1 cm³/mol. The Kier molecular flexibility index (Phi) is 4.28. The van der Waals surface area contributed by atoms with E-state index in [1.54, 1.807) is 0 Å². The Labute approximate surface area is 143 Å². The molecule has 0 saturated heterocycles. The molecule has 6 nitrogen and oxygen atoms in total. The first-order valence-electron chi connectivity index (χ1n) is 7.57. The molecule has 1 fully saturated rings. The van der Waals surface area contributed by atoms with Gasteiger partial charge in [-0.25, -0.2) is 9.37 Å². The zero-order chi connectivity index (χ0) is 16.0. The number of nitrogens with zero attached hydrogens (tertiary/aromatic N) is 3. The number of halogens is 2. The average Bonchev–Trinajstić information content (AvgIpc) is 3.27. The minimum atomic E-state index is -1.36. The zero-order valence-electron chi connectivity index (χ0n) is 12.8. The van der Waals surface area contributed by atoms with Crippen LogP contribution in [-0.2, 0) is 6.42 Å². The highest BCUT2D eigenvalue weighted by Crippen LogP contribution is 2.40. The van der Waals surface area contributed by atoms with Crippen LogP contribution in [0.1, 0.15) is 36.2 Å². The van der Waals surface area contributed by atoms with Gasteiger partial charge < -0.3 is 5.73 Å². The number of hydrogen-bond acceptors (Lipinski definition) is 4. The molecule has 24 heavy (non-hydrogen) atoms. The van der Waals surface area contributed by atoms with Crippen LogP contribution in [0.25, 0.3) is 11.2 Å². The molecule has 0 amide bonds. The number of imidazole rings is 1. The normalized spacial score (nSPS) is 15.2. The van der Waals surface area contributed by atoms with Gasteiger partial charge in [0.15, 0.2) is 17.5 Å². The third kappa shape index (κ3) is 2.99. The number of anilines is 1.